The van der Waals surface area contributed by atoms with E-state index in [2.05, 4.69) is 5.43 Å². The molecule has 1 atom stereocenters. The van der Waals surface area contributed by atoms with Crippen LogP contribution in [-0.2, 0) is 0 Å². The second-order valence-corrected chi connectivity index (χ2v) is 5.47. The Morgan fingerprint density at radius 3 is 2.47 bits per heavy atom. The topological polar surface area (TPSA) is 38.0 Å². The van der Waals surface area contributed by atoms with Crippen molar-refractivity contribution in [3.63, 3.8) is 0 Å². The van der Waals surface area contributed by atoms with Crippen LogP contribution in [0.5, 0.6) is 0 Å². The van der Waals surface area contributed by atoms with Crippen LogP contribution in [0.4, 0.5) is 0 Å². The number of hydrogen-bond donors (Lipinski definition) is 2. The third-order valence-corrected chi connectivity index (χ3v) is 4.06. The normalized spacial score (nSPS) is 12.5. The molecule has 0 radical (unpaired) electrons. The molecule has 2 aromatic rings. The molecule has 0 aliphatic carbocycles. The van der Waals surface area contributed by atoms with Gasteiger partial charge in [0.15, 0.2) is 0 Å². The van der Waals surface area contributed by atoms with Crippen molar-refractivity contribution in [2.45, 2.75) is 13.0 Å². The summed E-state index contributed by atoms with van der Waals surface area (Å²) in [5.41, 5.74) is 5.39. The van der Waals surface area contributed by atoms with Gasteiger partial charge in [0.1, 0.15) is 0 Å². The van der Waals surface area contributed by atoms with Crippen molar-refractivity contribution in [2.75, 3.05) is 0 Å². The van der Waals surface area contributed by atoms with Crippen LogP contribution >= 0.6 is 34.8 Å². The Morgan fingerprint density at radius 2 is 1.79 bits per heavy atom. The predicted octanol–water partition coefficient (Wildman–Crippen LogP) is 4.51. The first-order chi connectivity index (χ1) is 9.04. The fourth-order valence-corrected chi connectivity index (χ4v) is 2.62. The van der Waals surface area contributed by atoms with Gasteiger partial charge in [-0.15, -0.1) is 0 Å². The fraction of sp³-hybridized carbons (Fsp3) is 0.143. The zero-order valence-electron chi connectivity index (χ0n) is 10.3. The molecule has 0 bridgehead atoms. The maximum Gasteiger partial charge on any atom is 0.0739 e. The standard InChI is InChI=1S/C14H13Cl3N2/c1-8-3-2-4-10(13(8)17)14(19-18)11-7-9(15)5-6-12(11)16/h2-7,14,19H,18H2,1H3. The molecule has 0 heterocycles. The van der Waals surface area contributed by atoms with Crippen LogP contribution in [0.1, 0.15) is 22.7 Å². The molecule has 0 aromatic heterocycles. The molecule has 19 heavy (non-hydrogen) atoms. The number of aryl methyl sites for hydroxylation is 1. The quantitative estimate of drug-likeness (QED) is 0.646. The molecule has 100 valence electrons. The molecule has 0 amide bonds. The minimum Gasteiger partial charge on any atom is -0.271 e. The number of rotatable bonds is 3. The summed E-state index contributed by atoms with van der Waals surface area (Å²) in [6, 6.07) is 10.7. The Balaban J connectivity index is 2.56. The monoisotopic (exact) mass is 314 g/mol. The molecule has 0 aliphatic rings. The molecule has 0 saturated heterocycles. The number of nitrogens with one attached hydrogen (secondary N) is 1. The molecular formula is C14H13Cl3N2. The summed E-state index contributed by atoms with van der Waals surface area (Å²) in [6.07, 6.45) is 0. The summed E-state index contributed by atoms with van der Waals surface area (Å²) < 4.78 is 0. The maximum absolute atomic E-state index is 6.34. The molecule has 0 spiro atoms. The summed E-state index contributed by atoms with van der Waals surface area (Å²) in [6.45, 7) is 1.94. The number of hydrogen-bond acceptors (Lipinski definition) is 2. The summed E-state index contributed by atoms with van der Waals surface area (Å²) in [5.74, 6) is 5.66. The van der Waals surface area contributed by atoms with E-state index in [9.17, 15) is 0 Å². The summed E-state index contributed by atoms with van der Waals surface area (Å²) in [4.78, 5) is 0. The van der Waals surface area contributed by atoms with E-state index in [0.717, 1.165) is 16.7 Å². The Kier molecular flexibility index (Phi) is 4.71. The van der Waals surface area contributed by atoms with Crippen molar-refractivity contribution in [1.29, 1.82) is 0 Å². The molecule has 0 saturated carbocycles. The zero-order valence-corrected chi connectivity index (χ0v) is 12.5. The van der Waals surface area contributed by atoms with E-state index in [0.29, 0.717) is 15.1 Å². The Labute approximate surface area is 127 Å². The highest BCUT2D eigenvalue weighted by Gasteiger charge is 2.19. The summed E-state index contributed by atoms with van der Waals surface area (Å²) >= 11 is 18.6. The van der Waals surface area contributed by atoms with E-state index in [1.165, 1.54) is 0 Å². The van der Waals surface area contributed by atoms with Gasteiger partial charge >= 0.3 is 0 Å². The van der Waals surface area contributed by atoms with Crippen LogP contribution in [0.3, 0.4) is 0 Å². The molecule has 1 unspecified atom stereocenters. The Morgan fingerprint density at radius 1 is 1.05 bits per heavy atom. The van der Waals surface area contributed by atoms with Crippen LogP contribution in [0.15, 0.2) is 36.4 Å². The number of halogens is 3. The first kappa shape index (κ1) is 14.6. The molecular weight excluding hydrogens is 303 g/mol. The second-order valence-electron chi connectivity index (χ2n) is 4.24. The third kappa shape index (κ3) is 3.04. The van der Waals surface area contributed by atoms with Crippen molar-refractivity contribution in [1.82, 2.24) is 5.43 Å². The average Bonchev–Trinajstić information content (AvgIpc) is 2.39. The minimum absolute atomic E-state index is 0.307. The lowest BCUT2D eigenvalue weighted by molar-refractivity contribution is 0.637. The van der Waals surface area contributed by atoms with Gasteiger partial charge in [0.25, 0.3) is 0 Å². The number of hydrazine groups is 1. The number of nitrogens with two attached hydrogens (primary N) is 1. The average molecular weight is 316 g/mol. The minimum atomic E-state index is -0.307. The lowest BCUT2D eigenvalue weighted by Crippen LogP contribution is -2.29. The Bertz CT molecular complexity index is 597. The highest BCUT2D eigenvalue weighted by atomic mass is 35.5. The molecule has 2 aromatic carbocycles. The van der Waals surface area contributed by atoms with Gasteiger partial charge in [-0.05, 0) is 41.8 Å². The highest BCUT2D eigenvalue weighted by Crippen LogP contribution is 2.34. The van der Waals surface area contributed by atoms with E-state index in [1.54, 1.807) is 18.2 Å². The maximum atomic E-state index is 6.34. The highest BCUT2D eigenvalue weighted by molar-refractivity contribution is 6.34. The molecule has 5 heteroatoms. The number of benzene rings is 2. The molecule has 0 aliphatic heterocycles. The van der Waals surface area contributed by atoms with Gasteiger partial charge in [0.05, 0.1) is 6.04 Å². The molecule has 2 nitrogen and oxygen atoms in total. The van der Waals surface area contributed by atoms with Crippen LogP contribution in [0.2, 0.25) is 15.1 Å². The van der Waals surface area contributed by atoms with Gasteiger partial charge in [0, 0.05) is 15.1 Å². The van der Waals surface area contributed by atoms with E-state index in [-0.39, 0.29) is 6.04 Å². The van der Waals surface area contributed by atoms with Crippen molar-refractivity contribution in [3.05, 3.63) is 68.2 Å². The third-order valence-electron chi connectivity index (χ3n) is 2.97. The summed E-state index contributed by atoms with van der Waals surface area (Å²) in [5, 5.41) is 1.86. The predicted molar refractivity (Wildman–Crippen MR) is 81.8 cm³/mol. The second kappa shape index (κ2) is 6.12. The van der Waals surface area contributed by atoms with Crippen LogP contribution in [0, 0.1) is 6.92 Å². The smallest absolute Gasteiger partial charge is 0.0739 e. The van der Waals surface area contributed by atoms with E-state index >= 15 is 0 Å². The summed E-state index contributed by atoms with van der Waals surface area (Å²) in [7, 11) is 0. The van der Waals surface area contributed by atoms with Gasteiger partial charge in [-0.3, -0.25) is 5.84 Å². The van der Waals surface area contributed by atoms with E-state index in [4.69, 9.17) is 40.6 Å². The SMILES string of the molecule is Cc1cccc(C(NN)c2cc(Cl)ccc2Cl)c1Cl. The van der Waals surface area contributed by atoms with Gasteiger partial charge in [-0.1, -0.05) is 53.0 Å². The lowest BCUT2D eigenvalue weighted by Gasteiger charge is -2.20. The van der Waals surface area contributed by atoms with Crippen molar-refractivity contribution < 1.29 is 0 Å². The largest absolute Gasteiger partial charge is 0.271 e. The fourth-order valence-electron chi connectivity index (χ4n) is 1.98. The van der Waals surface area contributed by atoms with Crippen molar-refractivity contribution in [3.8, 4) is 0 Å². The van der Waals surface area contributed by atoms with Crippen molar-refractivity contribution >= 4 is 34.8 Å². The van der Waals surface area contributed by atoms with E-state index in [1.807, 2.05) is 25.1 Å². The van der Waals surface area contributed by atoms with Gasteiger partial charge in [-0.2, -0.15) is 0 Å². The van der Waals surface area contributed by atoms with Gasteiger partial charge in [0.2, 0.25) is 0 Å². The van der Waals surface area contributed by atoms with E-state index < -0.39 is 0 Å². The van der Waals surface area contributed by atoms with Crippen molar-refractivity contribution in [2.24, 2.45) is 5.84 Å². The van der Waals surface area contributed by atoms with Gasteiger partial charge < -0.3 is 0 Å². The van der Waals surface area contributed by atoms with Crippen LogP contribution in [0.25, 0.3) is 0 Å². The molecule has 2 rings (SSSR count). The van der Waals surface area contributed by atoms with Gasteiger partial charge in [-0.25, -0.2) is 5.43 Å². The molecule has 3 N–H and O–H groups in total. The van der Waals surface area contributed by atoms with Crippen LogP contribution in [-0.4, -0.2) is 0 Å². The first-order valence-electron chi connectivity index (χ1n) is 5.70. The Hall–Kier alpha value is -0.770. The van der Waals surface area contributed by atoms with Crippen LogP contribution < -0.4 is 11.3 Å². The molecule has 0 fully saturated rings. The zero-order chi connectivity index (χ0) is 14.0. The first-order valence-corrected chi connectivity index (χ1v) is 6.84. The lowest BCUT2D eigenvalue weighted by atomic mass is 9.97.